The predicted molar refractivity (Wildman–Crippen MR) is 95.8 cm³/mol. The number of hydrogen-bond donors (Lipinski definition) is 3. The summed E-state index contributed by atoms with van der Waals surface area (Å²) < 4.78 is 0. The second-order valence-corrected chi connectivity index (χ2v) is 5.35. The lowest BCUT2D eigenvalue weighted by molar-refractivity contribution is 0.649. The molecule has 0 aliphatic heterocycles. The monoisotopic (exact) mass is 304 g/mol. The fraction of sp³-hybridized carbons (Fsp3) is 0.105. The normalized spacial score (nSPS) is 12.0. The fourth-order valence-corrected chi connectivity index (χ4v) is 2.74. The molecule has 1 heterocycles. The molecule has 1 atom stereocenters. The van der Waals surface area contributed by atoms with E-state index in [4.69, 9.17) is 0 Å². The van der Waals surface area contributed by atoms with E-state index in [0.717, 1.165) is 27.9 Å². The van der Waals surface area contributed by atoms with Crippen molar-refractivity contribution in [1.29, 1.82) is 0 Å². The molecule has 0 aliphatic rings. The van der Waals surface area contributed by atoms with E-state index in [1.165, 1.54) is 5.56 Å². The van der Waals surface area contributed by atoms with Crippen molar-refractivity contribution in [3.05, 3.63) is 79.4 Å². The average Bonchev–Trinajstić information content (AvgIpc) is 3.04. The molecule has 4 nitrogen and oxygen atoms in total. The summed E-state index contributed by atoms with van der Waals surface area (Å²) in [5.74, 6) is 0. The lowest BCUT2D eigenvalue weighted by Gasteiger charge is -2.19. The van der Waals surface area contributed by atoms with E-state index in [1.54, 1.807) is 12.5 Å². The number of hydrogen-bond acceptors (Lipinski definition) is 3. The maximum Gasteiger partial charge on any atom is 0.0931 e. The van der Waals surface area contributed by atoms with Crippen LogP contribution in [0.1, 0.15) is 11.6 Å². The van der Waals surface area contributed by atoms with Crippen molar-refractivity contribution in [2.24, 2.45) is 0 Å². The van der Waals surface area contributed by atoms with Gasteiger partial charge in [-0.15, -0.1) is 0 Å². The van der Waals surface area contributed by atoms with Crippen LogP contribution in [0.25, 0.3) is 22.2 Å². The molecule has 0 fully saturated rings. The molecule has 1 unspecified atom stereocenters. The van der Waals surface area contributed by atoms with E-state index in [9.17, 15) is 0 Å². The molecule has 0 spiro atoms. The molecule has 2 aromatic carbocycles. The highest BCUT2D eigenvalue weighted by Crippen LogP contribution is 2.26. The van der Waals surface area contributed by atoms with E-state index in [0.29, 0.717) is 0 Å². The minimum Gasteiger partial charge on any atom is -0.364 e. The first-order chi connectivity index (χ1) is 11.2. The van der Waals surface area contributed by atoms with E-state index in [2.05, 4.69) is 70.2 Å². The van der Waals surface area contributed by atoms with Crippen molar-refractivity contribution >= 4 is 11.0 Å². The number of imidazole rings is 1. The average molecular weight is 304 g/mol. The predicted octanol–water partition coefficient (Wildman–Crippen LogP) is 3.74. The highest BCUT2D eigenvalue weighted by atomic mass is 15.0. The molecule has 3 N–H and O–H groups in total. The number of nitrogens with one attached hydrogen (secondary N) is 3. The summed E-state index contributed by atoms with van der Waals surface area (Å²) in [7, 11) is 1.92. The Balaban J connectivity index is 1.88. The molecular formula is C19H20N4. The zero-order valence-corrected chi connectivity index (χ0v) is 13.1. The van der Waals surface area contributed by atoms with Crippen molar-refractivity contribution in [1.82, 2.24) is 20.6 Å². The Labute approximate surface area is 136 Å². The third kappa shape index (κ3) is 3.03. The number of benzene rings is 2. The van der Waals surface area contributed by atoms with Crippen molar-refractivity contribution < 1.29 is 0 Å². The molecule has 0 saturated carbocycles. The molecule has 116 valence electrons. The molecule has 0 saturated heterocycles. The summed E-state index contributed by atoms with van der Waals surface area (Å²) in [4.78, 5) is 7.40. The van der Waals surface area contributed by atoms with Gasteiger partial charge < -0.3 is 15.6 Å². The van der Waals surface area contributed by atoms with Gasteiger partial charge in [0.15, 0.2) is 0 Å². The van der Waals surface area contributed by atoms with Crippen LogP contribution in [0.3, 0.4) is 0 Å². The van der Waals surface area contributed by atoms with Crippen LogP contribution in [0, 0.1) is 0 Å². The fourth-order valence-electron chi connectivity index (χ4n) is 2.74. The Morgan fingerprint density at radius 3 is 2.61 bits per heavy atom. The van der Waals surface area contributed by atoms with Gasteiger partial charge in [-0.1, -0.05) is 43.5 Å². The van der Waals surface area contributed by atoms with Gasteiger partial charge in [0.05, 0.1) is 23.4 Å². The van der Waals surface area contributed by atoms with Gasteiger partial charge >= 0.3 is 0 Å². The quantitative estimate of drug-likeness (QED) is 0.650. The van der Waals surface area contributed by atoms with Crippen LogP contribution < -0.4 is 10.6 Å². The highest BCUT2D eigenvalue weighted by Gasteiger charge is 2.12. The van der Waals surface area contributed by atoms with Gasteiger partial charge in [-0.05, 0) is 42.1 Å². The summed E-state index contributed by atoms with van der Waals surface area (Å²) in [6, 6.07) is 14.7. The Morgan fingerprint density at radius 2 is 1.91 bits per heavy atom. The standard InChI is InChI=1S/C19H20N4/c1-4-21-13(2)19(20-3)15-7-5-14(6-8-15)16-9-10-17-18(11-16)23-12-22-17/h4-12,19-21H,1-2H2,3H3,(H,22,23). The Bertz CT molecular complexity index is 830. The van der Waals surface area contributed by atoms with Gasteiger partial charge in [0, 0.05) is 5.70 Å². The van der Waals surface area contributed by atoms with Crippen LogP contribution >= 0.6 is 0 Å². The van der Waals surface area contributed by atoms with E-state index < -0.39 is 0 Å². The maximum atomic E-state index is 4.25. The van der Waals surface area contributed by atoms with Crippen molar-refractivity contribution in [2.75, 3.05) is 7.05 Å². The van der Waals surface area contributed by atoms with Crippen LogP contribution in [0.15, 0.2) is 73.8 Å². The van der Waals surface area contributed by atoms with Gasteiger partial charge in [-0.3, -0.25) is 0 Å². The topological polar surface area (TPSA) is 52.7 Å². The minimum atomic E-state index is 0.0390. The highest BCUT2D eigenvalue weighted by molar-refractivity contribution is 5.81. The number of rotatable bonds is 6. The summed E-state index contributed by atoms with van der Waals surface area (Å²) in [5.41, 5.74) is 6.38. The molecule has 3 rings (SSSR count). The lowest BCUT2D eigenvalue weighted by atomic mass is 9.99. The van der Waals surface area contributed by atoms with Gasteiger partial charge in [-0.2, -0.15) is 0 Å². The number of fused-ring (bicyclic) bond motifs is 1. The minimum absolute atomic E-state index is 0.0390. The first kappa shape index (κ1) is 15.1. The first-order valence-corrected chi connectivity index (χ1v) is 7.50. The van der Waals surface area contributed by atoms with Gasteiger partial charge in [0.25, 0.3) is 0 Å². The molecule has 0 amide bonds. The number of aromatic amines is 1. The third-order valence-corrected chi connectivity index (χ3v) is 3.92. The second kappa shape index (κ2) is 6.50. The maximum absolute atomic E-state index is 4.25. The Hall–Kier alpha value is -2.85. The number of H-pyrrole nitrogens is 1. The zero-order valence-electron chi connectivity index (χ0n) is 13.1. The van der Waals surface area contributed by atoms with Crippen LogP contribution in [0.4, 0.5) is 0 Å². The van der Waals surface area contributed by atoms with E-state index in [-0.39, 0.29) is 6.04 Å². The zero-order chi connectivity index (χ0) is 16.2. The van der Waals surface area contributed by atoms with Crippen LogP contribution in [-0.2, 0) is 0 Å². The van der Waals surface area contributed by atoms with Gasteiger partial charge in [0.1, 0.15) is 0 Å². The SMILES string of the molecule is C=CNC(=C)C(NC)c1ccc(-c2ccc3nc[nH]c3c2)cc1. The summed E-state index contributed by atoms with van der Waals surface area (Å²) in [6.45, 7) is 7.72. The molecule has 1 aromatic heterocycles. The summed E-state index contributed by atoms with van der Waals surface area (Å²) >= 11 is 0. The molecule has 0 bridgehead atoms. The largest absolute Gasteiger partial charge is 0.364 e. The number of nitrogens with zero attached hydrogens (tertiary/aromatic N) is 1. The van der Waals surface area contributed by atoms with Crippen molar-refractivity contribution in [2.45, 2.75) is 6.04 Å². The molecule has 4 heteroatoms. The number of aromatic nitrogens is 2. The Kier molecular flexibility index (Phi) is 4.26. The summed E-state index contributed by atoms with van der Waals surface area (Å²) in [5, 5.41) is 6.31. The van der Waals surface area contributed by atoms with Crippen LogP contribution in [0.5, 0.6) is 0 Å². The smallest absolute Gasteiger partial charge is 0.0931 e. The third-order valence-electron chi connectivity index (χ3n) is 3.92. The molecule has 0 aliphatic carbocycles. The second-order valence-electron chi connectivity index (χ2n) is 5.35. The first-order valence-electron chi connectivity index (χ1n) is 7.50. The van der Waals surface area contributed by atoms with Crippen LogP contribution in [0.2, 0.25) is 0 Å². The molecule has 0 radical (unpaired) electrons. The van der Waals surface area contributed by atoms with Gasteiger partial charge in [0.2, 0.25) is 0 Å². The van der Waals surface area contributed by atoms with Crippen molar-refractivity contribution in [3.8, 4) is 11.1 Å². The van der Waals surface area contributed by atoms with E-state index in [1.807, 2.05) is 13.1 Å². The molecular weight excluding hydrogens is 284 g/mol. The lowest BCUT2D eigenvalue weighted by Crippen LogP contribution is -2.23. The van der Waals surface area contributed by atoms with Crippen LogP contribution in [-0.4, -0.2) is 17.0 Å². The molecule has 23 heavy (non-hydrogen) atoms. The number of likely N-dealkylation sites (N-methyl/N-ethyl adjacent to an activating group) is 1. The van der Waals surface area contributed by atoms with E-state index >= 15 is 0 Å². The summed E-state index contributed by atoms with van der Waals surface area (Å²) in [6.07, 6.45) is 3.36. The Morgan fingerprint density at radius 1 is 1.17 bits per heavy atom. The van der Waals surface area contributed by atoms with Crippen molar-refractivity contribution in [3.63, 3.8) is 0 Å². The molecule has 3 aromatic rings. The van der Waals surface area contributed by atoms with Gasteiger partial charge in [-0.25, -0.2) is 4.98 Å².